The summed E-state index contributed by atoms with van der Waals surface area (Å²) in [5.74, 6) is -1.11. The topological polar surface area (TPSA) is 85.4 Å². The van der Waals surface area contributed by atoms with E-state index in [1.807, 2.05) is 4.90 Å². The van der Waals surface area contributed by atoms with Crippen LogP contribution in [0.5, 0.6) is 0 Å². The van der Waals surface area contributed by atoms with Crippen molar-refractivity contribution in [3.8, 4) is 0 Å². The number of H-pyrrole nitrogens is 1. The van der Waals surface area contributed by atoms with Gasteiger partial charge in [-0.15, -0.1) is 0 Å². The number of para-hydroxylation sites is 1. The van der Waals surface area contributed by atoms with E-state index in [0.717, 1.165) is 13.1 Å². The van der Waals surface area contributed by atoms with Crippen LogP contribution in [0.25, 0.3) is 10.9 Å². The number of aromatic nitrogens is 1. The summed E-state index contributed by atoms with van der Waals surface area (Å²) in [5.41, 5.74) is 0.556. The molecule has 1 aliphatic heterocycles. The van der Waals surface area contributed by atoms with Crippen LogP contribution in [0.2, 0.25) is 0 Å². The second-order valence-electron chi connectivity index (χ2n) is 4.77. The molecule has 1 aromatic heterocycles. The van der Waals surface area contributed by atoms with Gasteiger partial charge in [0, 0.05) is 31.6 Å². The lowest BCUT2D eigenvalue weighted by Gasteiger charge is -2.29. The molecule has 3 rings (SSSR count). The number of rotatable bonds is 2. The second-order valence-corrected chi connectivity index (χ2v) is 4.77. The maximum atomic E-state index is 12.6. The number of nitrogens with one attached hydrogen (secondary N) is 2. The lowest BCUT2D eigenvalue weighted by atomic mass is 10.1. The molecule has 0 unspecified atom stereocenters. The van der Waals surface area contributed by atoms with Crippen molar-refractivity contribution in [3.63, 3.8) is 0 Å². The zero-order valence-electron chi connectivity index (χ0n) is 10.8. The van der Waals surface area contributed by atoms with Crippen LogP contribution in [-0.4, -0.2) is 42.2 Å². The molecule has 1 aromatic carbocycles. The maximum Gasteiger partial charge on any atom is 0.354 e. The Morgan fingerprint density at radius 2 is 1.90 bits per heavy atom. The average molecular weight is 273 g/mol. The summed E-state index contributed by atoms with van der Waals surface area (Å²) in [6.45, 7) is 2.74. The first-order valence-corrected chi connectivity index (χ1v) is 6.52. The first-order chi connectivity index (χ1) is 9.68. The third kappa shape index (κ3) is 2.04. The van der Waals surface area contributed by atoms with Crippen LogP contribution in [0.15, 0.2) is 29.1 Å². The Kier molecular flexibility index (Phi) is 3.15. The number of hydrogen-bond acceptors (Lipinski definition) is 4. The summed E-state index contributed by atoms with van der Waals surface area (Å²) in [5, 5.41) is 13.1. The molecule has 3 N–H and O–H groups in total. The number of pyridine rings is 1. The van der Waals surface area contributed by atoms with Crippen LogP contribution in [0.3, 0.4) is 0 Å². The standard InChI is InChI=1S/C14H15N3O3/c18-13-9-3-1-2-4-10(9)16-11(14(19)20)12(13)17-7-5-15-6-8-17/h1-4,15H,5-8H2,(H,16,18)(H,19,20). The Hall–Kier alpha value is -2.34. The van der Waals surface area contributed by atoms with Gasteiger partial charge in [0.2, 0.25) is 5.43 Å². The normalized spacial score (nSPS) is 15.5. The van der Waals surface area contributed by atoms with Crippen LogP contribution in [0.1, 0.15) is 10.5 Å². The minimum absolute atomic E-state index is 0.0319. The van der Waals surface area contributed by atoms with Crippen molar-refractivity contribution in [2.75, 3.05) is 31.1 Å². The zero-order chi connectivity index (χ0) is 14.1. The SMILES string of the molecule is O=C(O)c1[nH]c2ccccc2c(=O)c1N1CCNCC1. The summed E-state index contributed by atoms with van der Waals surface area (Å²) in [6, 6.07) is 6.98. The fourth-order valence-corrected chi connectivity index (χ4v) is 2.57. The number of anilines is 1. The van der Waals surface area contributed by atoms with Crippen molar-refractivity contribution < 1.29 is 9.90 Å². The van der Waals surface area contributed by atoms with Gasteiger partial charge < -0.3 is 20.3 Å². The fraction of sp³-hybridized carbons (Fsp3) is 0.286. The van der Waals surface area contributed by atoms with Crippen molar-refractivity contribution in [1.29, 1.82) is 0 Å². The summed E-state index contributed by atoms with van der Waals surface area (Å²) in [7, 11) is 0. The number of aromatic amines is 1. The van der Waals surface area contributed by atoms with Gasteiger partial charge >= 0.3 is 5.97 Å². The highest BCUT2D eigenvalue weighted by Gasteiger charge is 2.23. The van der Waals surface area contributed by atoms with Gasteiger partial charge in [-0.25, -0.2) is 4.79 Å². The van der Waals surface area contributed by atoms with Crippen LogP contribution in [0, 0.1) is 0 Å². The number of piperazine rings is 1. The molecule has 20 heavy (non-hydrogen) atoms. The lowest BCUT2D eigenvalue weighted by molar-refractivity contribution is 0.0691. The van der Waals surface area contributed by atoms with Gasteiger partial charge in [0.05, 0.1) is 5.52 Å². The summed E-state index contributed by atoms with van der Waals surface area (Å²) >= 11 is 0. The van der Waals surface area contributed by atoms with E-state index in [0.29, 0.717) is 24.0 Å². The van der Waals surface area contributed by atoms with Gasteiger partial charge in [0.25, 0.3) is 0 Å². The van der Waals surface area contributed by atoms with Gasteiger partial charge in [-0.3, -0.25) is 4.79 Å². The Morgan fingerprint density at radius 1 is 1.20 bits per heavy atom. The third-order valence-electron chi connectivity index (χ3n) is 3.53. The van der Waals surface area contributed by atoms with Crippen LogP contribution < -0.4 is 15.6 Å². The summed E-state index contributed by atoms with van der Waals surface area (Å²) < 4.78 is 0. The number of carbonyl (C=O) groups is 1. The number of nitrogens with zero attached hydrogens (tertiary/aromatic N) is 1. The number of hydrogen-bond donors (Lipinski definition) is 3. The first-order valence-electron chi connectivity index (χ1n) is 6.52. The molecule has 1 fully saturated rings. The Morgan fingerprint density at radius 3 is 2.60 bits per heavy atom. The molecule has 1 saturated heterocycles. The maximum absolute atomic E-state index is 12.6. The lowest BCUT2D eigenvalue weighted by Crippen LogP contribution is -2.46. The Balaban J connectivity index is 2.27. The van der Waals surface area contributed by atoms with Gasteiger partial charge in [0.15, 0.2) is 5.69 Å². The quantitative estimate of drug-likeness (QED) is 0.747. The molecule has 0 bridgehead atoms. The Labute approximate surface area is 115 Å². The van der Waals surface area contributed by atoms with E-state index in [4.69, 9.17) is 0 Å². The molecule has 6 nitrogen and oxygen atoms in total. The van der Waals surface area contributed by atoms with E-state index in [1.54, 1.807) is 24.3 Å². The minimum Gasteiger partial charge on any atom is -0.477 e. The van der Waals surface area contributed by atoms with E-state index in [-0.39, 0.29) is 16.8 Å². The van der Waals surface area contributed by atoms with Crippen molar-refractivity contribution in [3.05, 3.63) is 40.2 Å². The van der Waals surface area contributed by atoms with Crippen LogP contribution in [0.4, 0.5) is 5.69 Å². The summed E-state index contributed by atoms with van der Waals surface area (Å²) in [4.78, 5) is 28.8. The highest BCUT2D eigenvalue weighted by molar-refractivity contribution is 5.96. The number of benzene rings is 1. The van der Waals surface area contributed by atoms with E-state index < -0.39 is 5.97 Å². The highest BCUT2D eigenvalue weighted by Crippen LogP contribution is 2.19. The van der Waals surface area contributed by atoms with E-state index in [9.17, 15) is 14.7 Å². The molecule has 0 radical (unpaired) electrons. The smallest absolute Gasteiger partial charge is 0.354 e. The van der Waals surface area contributed by atoms with Gasteiger partial charge in [-0.1, -0.05) is 12.1 Å². The first kappa shape index (κ1) is 12.7. The van der Waals surface area contributed by atoms with Gasteiger partial charge in [0.1, 0.15) is 5.69 Å². The molecule has 0 spiro atoms. The monoisotopic (exact) mass is 273 g/mol. The van der Waals surface area contributed by atoms with Crippen molar-refractivity contribution in [2.24, 2.45) is 0 Å². The average Bonchev–Trinajstić information content (AvgIpc) is 2.48. The third-order valence-corrected chi connectivity index (χ3v) is 3.53. The molecule has 2 aromatic rings. The molecule has 104 valence electrons. The number of carboxylic acids is 1. The van der Waals surface area contributed by atoms with E-state index in [1.165, 1.54) is 0 Å². The van der Waals surface area contributed by atoms with Crippen molar-refractivity contribution in [2.45, 2.75) is 0 Å². The molecule has 0 amide bonds. The van der Waals surface area contributed by atoms with Crippen LogP contribution >= 0.6 is 0 Å². The zero-order valence-corrected chi connectivity index (χ0v) is 10.8. The van der Waals surface area contributed by atoms with Crippen molar-refractivity contribution >= 4 is 22.6 Å². The molecule has 0 atom stereocenters. The molecular formula is C14H15N3O3. The molecular weight excluding hydrogens is 258 g/mol. The second kappa shape index (κ2) is 4.97. The molecule has 0 saturated carbocycles. The molecule has 2 heterocycles. The highest BCUT2D eigenvalue weighted by atomic mass is 16.4. The predicted molar refractivity (Wildman–Crippen MR) is 76.6 cm³/mol. The molecule has 6 heteroatoms. The van der Waals surface area contributed by atoms with Crippen molar-refractivity contribution in [1.82, 2.24) is 10.3 Å². The van der Waals surface area contributed by atoms with E-state index in [2.05, 4.69) is 10.3 Å². The van der Waals surface area contributed by atoms with Gasteiger partial charge in [-0.2, -0.15) is 0 Å². The minimum atomic E-state index is -1.11. The fourth-order valence-electron chi connectivity index (χ4n) is 2.57. The van der Waals surface area contributed by atoms with E-state index >= 15 is 0 Å². The number of fused-ring (bicyclic) bond motifs is 1. The largest absolute Gasteiger partial charge is 0.477 e. The predicted octanol–water partition coefficient (Wildman–Crippen LogP) is 0.636. The van der Waals surface area contributed by atoms with Gasteiger partial charge in [-0.05, 0) is 12.1 Å². The summed E-state index contributed by atoms with van der Waals surface area (Å²) in [6.07, 6.45) is 0. The number of aromatic carboxylic acids is 1. The Bertz CT molecular complexity index is 717. The number of carboxylic acid groups (broad SMARTS) is 1. The molecule has 1 aliphatic rings. The molecule has 0 aliphatic carbocycles. The van der Waals surface area contributed by atoms with Crippen LogP contribution in [-0.2, 0) is 0 Å².